The molecule has 0 radical (unpaired) electrons. The molecule has 1 heterocycles. The quantitative estimate of drug-likeness (QED) is 0.739. The molecule has 2 saturated carbocycles. The maximum atomic E-state index is 6.31. The molecule has 1 spiro atoms. The Balaban J connectivity index is 1.76. The van der Waals surface area contributed by atoms with Crippen LogP contribution < -0.4 is 4.74 Å². The number of rotatable bonds is 2. The van der Waals surface area contributed by atoms with Crippen molar-refractivity contribution in [1.82, 2.24) is 4.98 Å². The van der Waals surface area contributed by atoms with E-state index in [1.165, 1.54) is 38.5 Å². The van der Waals surface area contributed by atoms with E-state index in [4.69, 9.17) is 4.74 Å². The fourth-order valence-corrected chi connectivity index (χ4v) is 4.73. The average molecular weight is 324 g/mol. The Morgan fingerprint density at radius 2 is 2.00 bits per heavy atom. The molecule has 1 aromatic heterocycles. The van der Waals surface area contributed by atoms with Gasteiger partial charge in [-0.1, -0.05) is 41.6 Å². The second-order valence-electron chi connectivity index (χ2n) is 6.04. The van der Waals surface area contributed by atoms with Gasteiger partial charge in [-0.05, 0) is 38.3 Å². The zero-order chi connectivity index (χ0) is 13.3. The van der Waals surface area contributed by atoms with Crippen molar-refractivity contribution in [3.05, 3.63) is 24.0 Å². The fraction of sp³-hybridized carbons (Fsp3) is 0.688. The van der Waals surface area contributed by atoms with Crippen LogP contribution in [0.3, 0.4) is 0 Å². The minimum Gasteiger partial charge on any atom is -0.488 e. The van der Waals surface area contributed by atoms with E-state index in [0.29, 0.717) is 16.3 Å². The number of ether oxygens (including phenoxy) is 1. The number of nitrogens with zero attached hydrogens (tertiary/aromatic N) is 1. The van der Waals surface area contributed by atoms with Crippen LogP contribution in [0.15, 0.2) is 18.3 Å². The van der Waals surface area contributed by atoms with Crippen LogP contribution in [0.1, 0.15) is 50.6 Å². The van der Waals surface area contributed by atoms with E-state index < -0.39 is 0 Å². The van der Waals surface area contributed by atoms with Crippen LogP contribution in [0.2, 0.25) is 0 Å². The van der Waals surface area contributed by atoms with Crippen LogP contribution in [0.25, 0.3) is 0 Å². The maximum absolute atomic E-state index is 6.31. The highest BCUT2D eigenvalue weighted by Gasteiger charge is 2.55. The number of pyridine rings is 1. The maximum Gasteiger partial charge on any atom is 0.140 e. The second-order valence-corrected chi connectivity index (χ2v) is 7.15. The Morgan fingerprint density at radius 3 is 2.63 bits per heavy atom. The van der Waals surface area contributed by atoms with Crippen molar-refractivity contribution in [3.63, 3.8) is 0 Å². The van der Waals surface area contributed by atoms with Gasteiger partial charge in [0.1, 0.15) is 11.9 Å². The summed E-state index contributed by atoms with van der Waals surface area (Å²) in [6, 6.07) is 4.01. The molecule has 19 heavy (non-hydrogen) atoms. The van der Waals surface area contributed by atoms with Crippen LogP contribution in [0.5, 0.6) is 5.75 Å². The summed E-state index contributed by atoms with van der Waals surface area (Å²) in [5.41, 5.74) is 1.38. The van der Waals surface area contributed by atoms with Crippen LogP contribution in [-0.4, -0.2) is 15.9 Å². The smallest absolute Gasteiger partial charge is 0.140 e. The molecule has 0 aliphatic heterocycles. The molecule has 1 aromatic rings. The summed E-state index contributed by atoms with van der Waals surface area (Å²) in [5.74, 6) is 0.968. The monoisotopic (exact) mass is 323 g/mol. The van der Waals surface area contributed by atoms with Gasteiger partial charge in [-0.2, -0.15) is 0 Å². The minimum absolute atomic E-state index is 0.373. The van der Waals surface area contributed by atoms with Crippen LogP contribution in [-0.2, 0) is 0 Å². The van der Waals surface area contributed by atoms with Gasteiger partial charge in [-0.25, -0.2) is 0 Å². The highest BCUT2D eigenvalue weighted by atomic mass is 79.9. The lowest BCUT2D eigenvalue weighted by Gasteiger charge is -2.53. The Morgan fingerprint density at radius 1 is 1.26 bits per heavy atom. The minimum atomic E-state index is 0.373. The molecule has 2 aliphatic carbocycles. The zero-order valence-corrected chi connectivity index (χ0v) is 13.2. The van der Waals surface area contributed by atoms with Gasteiger partial charge in [-0.3, -0.25) is 4.98 Å². The molecule has 3 rings (SSSR count). The molecule has 2 unspecified atom stereocenters. The molecule has 0 amide bonds. The molecule has 0 bridgehead atoms. The molecule has 0 saturated heterocycles. The Bertz CT molecular complexity index is 440. The van der Waals surface area contributed by atoms with Crippen molar-refractivity contribution < 1.29 is 4.74 Å². The van der Waals surface area contributed by atoms with E-state index >= 15 is 0 Å². The summed E-state index contributed by atoms with van der Waals surface area (Å²) >= 11 is 3.89. The van der Waals surface area contributed by atoms with Gasteiger partial charge in [0.2, 0.25) is 0 Å². The lowest BCUT2D eigenvalue weighted by atomic mass is 9.61. The SMILES string of the molecule is Cc1ncccc1OC1CC(Br)C12CCCCCC2. The van der Waals surface area contributed by atoms with Crippen molar-refractivity contribution in [3.8, 4) is 5.75 Å². The van der Waals surface area contributed by atoms with Gasteiger partial charge in [0.25, 0.3) is 0 Å². The summed E-state index contributed by atoms with van der Waals surface area (Å²) in [5, 5.41) is 0. The Hall–Kier alpha value is -0.570. The predicted molar refractivity (Wildman–Crippen MR) is 80.9 cm³/mol. The fourth-order valence-electron chi connectivity index (χ4n) is 3.63. The van der Waals surface area contributed by atoms with E-state index in [1.54, 1.807) is 0 Å². The molecular weight excluding hydrogens is 302 g/mol. The Kier molecular flexibility index (Phi) is 3.84. The van der Waals surface area contributed by atoms with E-state index in [0.717, 1.165) is 17.9 Å². The molecule has 2 nitrogen and oxygen atoms in total. The predicted octanol–water partition coefficient (Wildman–Crippen LogP) is 4.65. The lowest BCUT2D eigenvalue weighted by Crippen LogP contribution is -2.56. The number of aromatic nitrogens is 1. The largest absolute Gasteiger partial charge is 0.488 e. The molecular formula is C16H22BrNO. The topological polar surface area (TPSA) is 22.1 Å². The third-order valence-corrected chi connectivity index (χ3v) is 6.23. The van der Waals surface area contributed by atoms with E-state index in [1.807, 2.05) is 25.3 Å². The van der Waals surface area contributed by atoms with Crippen molar-refractivity contribution in [2.24, 2.45) is 5.41 Å². The summed E-state index contributed by atoms with van der Waals surface area (Å²) in [7, 11) is 0. The van der Waals surface area contributed by atoms with Crippen molar-refractivity contribution in [2.75, 3.05) is 0 Å². The highest BCUT2D eigenvalue weighted by Crippen LogP contribution is 2.55. The molecule has 0 N–H and O–H groups in total. The van der Waals surface area contributed by atoms with E-state index in [2.05, 4.69) is 20.9 Å². The van der Waals surface area contributed by atoms with Crippen molar-refractivity contribution in [1.29, 1.82) is 0 Å². The highest BCUT2D eigenvalue weighted by molar-refractivity contribution is 9.09. The van der Waals surface area contributed by atoms with Gasteiger partial charge in [0.15, 0.2) is 0 Å². The van der Waals surface area contributed by atoms with E-state index in [9.17, 15) is 0 Å². The van der Waals surface area contributed by atoms with Gasteiger partial charge >= 0.3 is 0 Å². The summed E-state index contributed by atoms with van der Waals surface area (Å²) in [6.07, 6.45) is 11.5. The standard InChI is InChI=1S/C16H22BrNO/c1-12-13(7-6-10-18-12)19-15-11-14(17)16(15)8-4-2-3-5-9-16/h6-7,10,14-15H,2-5,8-9,11H2,1H3. The summed E-state index contributed by atoms with van der Waals surface area (Å²) < 4.78 is 6.31. The first-order valence-electron chi connectivity index (χ1n) is 7.45. The van der Waals surface area contributed by atoms with Gasteiger partial charge < -0.3 is 4.74 Å². The first-order chi connectivity index (χ1) is 9.22. The number of hydrogen-bond donors (Lipinski definition) is 0. The van der Waals surface area contributed by atoms with Crippen LogP contribution >= 0.6 is 15.9 Å². The van der Waals surface area contributed by atoms with Gasteiger partial charge in [0, 0.05) is 16.4 Å². The van der Waals surface area contributed by atoms with Gasteiger partial charge in [-0.15, -0.1) is 0 Å². The Labute approximate surface area is 124 Å². The molecule has 0 aromatic carbocycles. The third kappa shape index (κ3) is 2.42. The lowest BCUT2D eigenvalue weighted by molar-refractivity contribution is -0.0467. The molecule has 2 atom stereocenters. The number of aryl methyl sites for hydroxylation is 1. The molecule has 2 fully saturated rings. The van der Waals surface area contributed by atoms with Gasteiger partial charge in [0.05, 0.1) is 5.69 Å². The van der Waals surface area contributed by atoms with Crippen LogP contribution in [0, 0.1) is 12.3 Å². The number of hydrogen-bond acceptors (Lipinski definition) is 2. The number of alkyl halides is 1. The molecule has 2 aliphatic rings. The van der Waals surface area contributed by atoms with Crippen LogP contribution in [0.4, 0.5) is 0 Å². The molecule has 104 valence electrons. The average Bonchev–Trinajstić information content (AvgIpc) is 2.68. The van der Waals surface area contributed by atoms with Crippen molar-refractivity contribution >= 4 is 15.9 Å². The third-order valence-electron chi connectivity index (χ3n) is 4.95. The zero-order valence-electron chi connectivity index (χ0n) is 11.6. The second kappa shape index (κ2) is 5.43. The summed E-state index contributed by atoms with van der Waals surface area (Å²) in [6.45, 7) is 2.03. The normalized spacial score (nSPS) is 29.6. The number of halogens is 1. The summed E-state index contributed by atoms with van der Waals surface area (Å²) in [4.78, 5) is 4.96. The van der Waals surface area contributed by atoms with E-state index in [-0.39, 0.29) is 0 Å². The molecule has 3 heteroatoms. The first kappa shape index (κ1) is 13.4. The van der Waals surface area contributed by atoms with Crippen molar-refractivity contribution in [2.45, 2.75) is 62.8 Å². The first-order valence-corrected chi connectivity index (χ1v) is 8.36.